The Bertz CT molecular complexity index is 656. The third kappa shape index (κ3) is 3.92. The minimum Gasteiger partial charge on any atom is -0.495 e. The quantitative estimate of drug-likeness (QED) is 0.749. The molecule has 1 amide bonds. The van der Waals surface area contributed by atoms with Gasteiger partial charge in [-0.05, 0) is 25.2 Å². The average molecular weight is 316 g/mol. The van der Waals surface area contributed by atoms with E-state index in [-0.39, 0.29) is 16.2 Å². The first kappa shape index (κ1) is 16.9. The predicted molar refractivity (Wildman–Crippen MR) is 73.8 cm³/mol. The van der Waals surface area contributed by atoms with Crippen LogP contribution in [0.2, 0.25) is 0 Å². The van der Waals surface area contributed by atoms with Crippen LogP contribution in [0, 0.1) is 0 Å². The number of aliphatic carboxylic acids is 1. The number of carboxylic acid groups (broad SMARTS) is 1. The van der Waals surface area contributed by atoms with Gasteiger partial charge < -0.3 is 14.7 Å². The maximum absolute atomic E-state index is 12.1. The average Bonchev–Trinajstić information content (AvgIpc) is 2.45. The van der Waals surface area contributed by atoms with E-state index in [0.717, 1.165) is 11.0 Å². The van der Waals surface area contributed by atoms with Crippen molar-refractivity contribution in [2.45, 2.75) is 4.90 Å². The molecule has 21 heavy (non-hydrogen) atoms. The van der Waals surface area contributed by atoms with Gasteiger partial charge in [0.2, 0.25) is 10.0 Å². The molecule has 9 heteroatoms. The molecular weight excluding hydrogens is 300 g/mol. The van der Waals surface area contributed by atoms with Gasteiger partial charge in [0.1, 0.15) is 17.2 Å². The highest BCUT2D eigenvalue weighted by Gasteiger charge is 2.22. The largest absolute Gasteiger partial charge is 0.495 e. The normalized spacial score (nSPS) is 11.0. The van der Waals surface area contributed by atoms with Gasteiger partial charge in [0, 0.05) is 12.6 Å². The number of likely N-dealkylation sites (N-methyl/N-ethyl adjacent to an activating group) is 1. The third-order valence-electron chi connectivity index (χ3n) is 2.69. The van der Waals surface area contributed by atoms with E-state index in [0.29, 0.717) is 0 Å². The lowest BCUT2D eigenvalue weighted by Crippen LogP contribution is -2.32. The first-order valence-electron chi connectivity index (χ1n) is 5.81. The summed E-state index contributed by atoms with van der Waals surface area (Å²) in [5.41, 5.74) is 0.0494. The highest BCUT2D eigenvalue weighted by Crippen LogP contribution is 2.25. The molecule has 2 N–H and O–H groups in total. The molecule has 0 heterocycles. The number of nitrogens with zero attached hydrogens (tertiary/aromatic N) is 1. The zero-order valence-electron chi connectivity index (χ0n) is 11.8. The van der Waals surface area contributed by atoms with E-state index in [4.69, 9.17) is 9.84 Å². The Kier molecular flexibility index (Phi) is 5.28. The van der Waals surface area contributed by atoms with Crippen molar-refractivity contribution in [3.8, 4) is 5.75 Å². The topological polar surface area (TPSA) is 113 Å². The number of rotatable bonds is 6. The van der Waals surface area contributed by atoms with Crippen LogP contribution in [0.25, 0.3) is 0 Å². The number of hydrogen-bond donors (Lipinski definition) is 2. The Labute approximate surface area is 122 Å². The number of nitrogens with one attached hydrogen (secondary N) is 1. The summed E-state index contributed by atoms with van der Waals surface area (Å²) in [7, 11) is 0.0482. The molecule has 0 aliphatic heterocycles. The lowest BCUT2D eigenvalue weighted by molar-refractivity contribution is -0.137. The summed E-state index contributed by atoms with van der Waals surface area (Å²) in [6.45, 7) is -0.487. The number of benzene rings is 1. The van der Waals surface area contributed by atoms with Gasteiger partial charge in [-0.15, -0.1) is 0 Å². The van der Waals surface area contributed by atoms with E-state index >= 15 is 0 Å². The SMILES string of the molecule is CNS(=O)(=O)c1cc(C(=O)N(C)CC(=O)O)ccc1OC. The highest BCUT2D eigenvalue weighted by molar-refractivity contribution is 7.89. The Balaban J connectivity index is 3.26. The molecule has 116 valence electrons. The summed E-state index contributed by atoms with van der Waals surface area (Å²) < 4.78 is 30.9. The predicted octanol–water partition coefficient (Wildman–Crippen LogP) is -0.240. The summed E-state index contributed by atoms with van der Waals surface area (Å²) in [6.07, 6.45) is 0. The van der Waals surface area contributed by atoms with Gasteiger partial charge >= 0.3 is 5.97 Å². The number of amides is 1. The lowest BCUT2D eigenvalue weighted by atomic mass is 10.2. The Morgan fingerprint density at radius 2 is 2.00 bits per heavy atom. The van der Waals surface area contributed by atoms with Gasteiger partial charge in [-0.1, -0.05) is 0 Å². The number of methoxy groups -OCH3 is 1. The van der Waals surface area contributed by atoms with Crippen molar-refractivity contribution in [2.75, 3.05) is 27.7 Å². The van der Waals surface area contributed by atoms with Gasteiger partial charge in [-0.25, -0.2) is 13.1 Å². The molecule has 0 unspecified atom stereocenters. The van der Waals surface area contributed by atoms with E-state index in [1.54, 1.807) is 0 Å². The van der Waals surface area contributed by atoms with E-state index in [2.05, 4.69) is 4.72 Å². The number of carbonyl (C=O) groups is 2. The molecule has 1 rings (SSSR count). The Hall–Kier alpha value is -2.13. The van der Waals surface area contributed by atoms with Crippen LogP contribution in [0.4, 0.5) is 0 Å². The van der Waals surface area contributed by atoms with E-state index in [9.17, 15) is 18.0 Å². The van der Waals surface area contributed by atoms with Crippen LogP contribution in [-0.4, -0.2) is 58.1 Å². The van der Waals surface area contributed by atoms with Crippen molar-refractivity contribution < 1.29 is 27.9 Å². The third-order valence-corrected chi connectivity index (χ3v) is 4.12. The number of carboxylic acids is 1. The Morgan fingerprint density at radius 1 is 1.38 bits per heavy atom. The molecule has 0 aromatic heterocycles. The van der Waals surface area contributed by atoms with E-state index < -0.39 is 28.4 Å². The fourth-order valence-electron chi connectivity index (χ4n) is 1.62. The lowest BCUT2D eigenvalue weighted by Gasteiger charge is -2.16. The zero-order valence-corrected chi connectivity index (χ0v) is 12.6. The minimum atomic E-state index is -3.81. The van der Waals surface area contributed by atoms with Crippen molar-refractivity contribution in [1.82, 2.24) is 9.62 Å². The van der Waals surface area contributed by atoms with Gasteiger partial charge in [-0.2, -0.15) is 0 Å². The fourth-order valence-corrected chi connectivity index (χ4v) is 2.54. The van der Waals surface area contributed by atoms with Crippen LogP contribution in [0.15, 0.2) is 23.1 Å². The van der Waals surface area contributed by atoms with Crippen LogP contribution in [0.5, 0.6) is 5.75 Å². The molecule has 0 bridgehead atoms. The Morgan fingerprint density at radius 3 is 2.48 bits per heavy atom. The maximum atomic E-state index is 12.1. The number of hydrogen-bond acceptors (Lipinski definition) is 5. The molecule has 1 aromatic rings. The second-order valence-corrected chi connectivity index (χ2v) is 5.98. The van der Waals surface area contributed by atoms with Crippen LogP contribution < -0.4 is 9.46 Å². The van der Waals surface area contributed by atoms with E-state index in [1.807, 2.05) is 0 Å². The molecular formula is C12H16N2O6S. The minimum absolute atomic E-state index is 0.0494. The van der Waals surface area contributed by atoms with Crippen molar-refractivity contribution in [3.63, 3.8) is 0 Å². The standard InChI is InChI=1S/C12H16N2O6S/c1-13-21(18,19)10-6-8(4-5-9(10)20-3)12(17)14(2)7-11(15)16/h4-6,13H,7H2,1-3H3,(H,15,16). The van der Waals surface area contributed by atoms with Gasteiger partial charge in [0.25, 0.3) is 5.91 Å². The van der Waals surface area contributed by atoms with Crippen LogP contribution in [-0.2, 0) is 14.8 Å². The van der Waals surface area contributed by atoms with Crippen molar-refractivity contribution >= 4 is 21.9 Å². The molecule has 0 radical (unpaired) electrons. The molecule has 1 aromatic carbocycles. The monoisotopic (exact) mass is 316 g/mol. The van der Waals surface area contributed by atoms with Crippen LogP contribution in [0.3, 0.4) is 0 Å². The first-order valence-corrected chi connectivity index (χ1v) is 7.30. The molecule has 0 saturated carbocycles. The molecule has 0 aliphatic rings. The van der Waals surface area contributed by atoms with Crippen LogP contribution in [0.1, 0.15) is 10.4 Å². The summed E-state index contributed by atoms with van der Waals surface area (Å²) in [4.78, 5) is 23.4. The van der Waals surface area contributed by atoms with Crippen molar-refractivity contribution in [2.24, 2.45) is 0 Å². The smallest absolute Gasteiger partial charge is 0.323 e. The summed E-state index contributed by atoms with van der Waals surface area (Å²) in [5.74, 6) is -1.68. The fraction of sp³-hybridized carbons (Fsp3) is 0.333. The zero-order chi connectivity index (χ0) is 16.2. The number of sulfonamides is 1. The van der Waals surface area contributed by atoms with Gasteiger partial charge in [0.15, 0.2) is 0 Å². The van der Waals surface area contributed by atoms with Crippen molar-refractivity contribution in [3.05, 3.63) is 23.8 Å². The molecule has 8 nitrogen and oxygen atoms in total. The van der Waals surface area contributed by atoms with Gasteiger partial charge in [-0.3, -0.25) is 9.59 Å². The maximum Gasteiger partial charge on any atom is 0.323 e. The second kappa shape index (κ2) is 6.55. The number of ether oxygens (including phenoxy) is 1. The van der Waals surface area contributed by atoms with Crippen molar-refractivity contribution in [1.29, 1.82) is 0 Å². The molecule has 0 aliphatic carbocycles. The molecule has 0 atom stereocenters. The first-order chi connectivity index (χ1) is 9.72. The highest BCUT2D eigenvalue weighted by atomic mass is 32.2. The van der Waals surface area contributed by atoms with Crippen LogP contribution >= 0.6 is 0 Å². The summed E-state index contributed by atoms with van der Waals surface area (Å²) in [5, 5.41) is 8.66. The summed E-state index contributed by atoms with van der Waals surface area (Å²) >= 11 is 0. The van der Waals surface area contributed by atoms with E-state index in [1.165, 1.54) is 33.3 Å². The number of carbonyl (C=O) groups excluding carboxylic acids is 1. The second-order valence-electron chi connectivity index (χ2n) is 4.13. The molecule has 0 fully saturated rings. The molecule has 0 saturated heterocycles. The van der Waals surface area contributed by atoms with Gasteiger partial charge in [0.05, 0.1) is 7.11 Å². The summed E-state index contributed by atoms with van der Waals surface area (Å²) in [6, 6.07) is 3.85. The molecule has 0 spiro atoms.